The summed E-state index contributed by atoms with van der Waals surface area (Å²) in [6.07, 6.45) is -0.226. The summed E-state index contributed by atoms with van der Waals surface area (Å²) >= 11 is 0. The Labute approximate surface area is 104 Å². The van der Waals surface area contributed by atoms with E-state index >= 15 is 0 Å². The highest BCUT2D eigenvalue weighted by Gasteiger charge is 2.43. The van der Waals surface area contributed by atoms with Crippen LogP contribution in [0.4, 0.5) is 0 Å². The summed E-state index contributed by atoms with van der Waals surface area (Å²) in [6.45, 7) is 9.97. The van der Waals surface area contributed by atoms with Crippen molar-refractivity contribution in [1.82, 2.24) is 4.31 Å². The van der Waals surface area contributed by atoms with Gasteiger partial charge in [0.05, 0.1) is 16.5 Å². The number of hydrogen-bond donors (Lipinski definition) is 1. The Hall–Kier alpha value is -0.170. The Kier molecular flexibility index (Phi) is 3.94. The van der Waals surface area contributed by atoms with Gasteiger partial charge >= 0.3 is 0 Å². The van der Waals surface area contributed by atoms with Gasteiger partial charge in [0.15, 0.2) is 0 Å². The Balaban J connectivity index is 2.99. The molecule has 1 rings (SSSR count). The van der Waals surface area contributed by atoms with Crippen LogP contribution in [0.1, 0.15) is 34.6 Å². The van der Waals surface area contributed by atoms with Gasteiger partial charge in [0.2, 0.25) is 10.0 Å². The molecule has 0 bridgehead atoms. The lowest BCUT2D eigenvalue weighted by Gasteiger charge is -2.43. The van der Waals surface area contributed by atoms with E-state index in [1.165, 1.54) is 4.31 Å². The standard InChI is InChI=1S/C11H24N2O3S/c1-10(2,3)17(14,15)13-7-9(6-12)16-11(4,5)8-13/h9H,6-8,12H2,1-5H3. The van der Waals surface area contributed by atoms with E-state index in [1.807, 2.05) is 13.8 Å². The van der Waals surface area contributed by atoms with Gasteiger partial charge in [-0.3, -0.25) is 0 Å². The van der Waals surface area contributed by atoms with E-state index in [4.69, 9.17) is 10.5 Å². The van der Waals surface area contributed by atoms with E-state index in [0.29, 0.717) is 19.6 Å². The van der Waals surface area contributed by atoms with E-state index in [2.05, 4.69) is 0 Å². The van der Waals surface area contributed by atoms with Crippen LogP contribution in [-0.2, 0) is 14.8 Å². The summed E-state index contributed by atoms with van der Waals surface area (Å²) in [5.74, 6) is 0. The first kappa shape index (κ1) is 14.9. The first-order chi connectivity index (χ1) is 7.49. The number of nitrogens with two attached hydrogens (primary N) is 1. The average Bonchev–Trinajstić information content (AvgIpc) is 2.13. The molecule has 0 spiro atoms. The van der Waals surface area contributed by atoms with E-state index in [0.717, 1.165) is 0 Å². The lowest BCUT2D eigenvalue weighted by molar-refractivity contribution is -0.113. The Morgan fingerprint density at radius 1 is 1.41 bits per heavy atom. The van der Waals surface area contributed by atoms with Crippen LogP contribution in [0, 0.1) is 0 Å². The predicted molar refractivity (Wildman–Crippen MR) is 68.3 cm³/mol. The van der Waals surface area contributed by atoms with Crippen molar-refractivity contribution in [3.63, 3.8) is 0 Å². The Bertz CT molecular complexity index is 371. The Morgan fingerprint density at radius 2 is 1.94 bits per heavy atom. The van der Waals surface area contributed by atoms with Crippen LogP contribution in [-0.4, -0.2) is 48.8 Å². The van der Waals surface area contributed by atoms with Gasteiger partial charge < -0.3 is 10.5 Å². The zero-order valence-electron chi connectivity index (χ0n) is 11.4. The molecule has 17 heavy (non-hydrogen) atoms. The topological polar surface area (TPSA) is 72.6 Å². The quantitative estimate of drug-likeness (QED) is 0.790. The monoisotopic (exact) mass is 264 g/mol. The average molecular weight is 264 g/mol. The second-order valence-electron chi connectivity index (χ2n) is 6.15. The van der Waals surface area contributed by atoms with Crippen molar-refractivity contribution in [3.8, 4) is 0 Å². The number of hydrogen-bond acceptors (Lipinski definition) is 4. The number of sulfonamides is 1. The fraction of sp³-hybridized carbons (Fsp3) is 1.00. The van der Waals surface area contributed by atoms with Gasteiger partial charge in [-0.15, -0.1) is 0 Å². The number of nitrogens with zero attached hydrogens (tertiary/aromatic N) is 1. The van der Waals surface area contributed by atoms with Crippen LogP contribution in [0.15, 0.2) is 0 Å². The van der Waals surface area contributed by atoms with Crippen molar-refractivity contribution in [2.45, 2.75) is 51.1 Å². The maximum atomic E-state index is 12.4. The fourth-order valence-corrected chi connectivity index (χ4v) is 3.55. The maximum Gasteiger partial charge on any atom is 0.219 e. The van der Waals surface area contributed by atoms with Gasteiger partial charge in [-0.1, -0.05) is 0 Å². The van der Waals surface area contributed by atoms with E-state index in [1.54, 1.807) is 20.8 Å². The van der Waals surface area contributed by atoms with Crippen LogP contribution in [0.25, 0.3) is 0 Å². The lowest BCUT2D eigenvalue weighted by atomic mass is 10.1. The van der Waals surface area contributed by atoms with E-state index in [9.17, 15) is 8.42 Å². The molecule has 1 unspecified atom stereocenters. The summed E-state index contributed by atoms with van der Waals surface area (Å²) in [4.78, 5) is 0. The van der Waals surface area contributed by atoms with Gasteiger partial charge in [-0.25, -0.2) is 8.42 Å². The summed E-state index contributed by atoms with van der Waals surface area (Å²) < 4.78 is 31.2. The minimum Gasteiger partial charge on any atom is -0.368 e. The number of morpholine rings is 1. The third-order valence-electron chi connectivity index (χ3n) is 2.83. The molecule has 2 N–H and O–H groups in total. The first-order valence-corrected chi connectivity index (χ1v) is 7.31. The molecule has 0 saturated carbocycles. The Morgan fingerprint density at radius 3 is 2.35 bits per heavy atom. The summed E-state index contributed by atoms with van der Waals surface area (Å²) in [5.41, 5.74) is 5.11. The zero-order chi connectivity index (χ0) is 13.5. The molecule has 0 aliphatic carbocycles. The number of ether oxygens (including phenoxy) is 1. The molecule has 1 aliphatic heterocycles. The second kappa shape index (κ2) is 4.50. The minimum atomic E-state index is -3.32. The normalized spacial score (nSPS) is 27.1. The first-order valence-electron chi connectivity index (χ1n) is 5.87. The molecule has 1 atom stereocenters. The summed E-state index contributed by atoms with van der Waals surface area (Å²) in [6, 6.07) is 0. The smallest absolute Gasteiger partial charge is 0.219 e. The van der Waals surface area contributed by atoms with Gasteiger partial charge in [-0.05, 0) is 34.6 Å². The molecule has 1 saturated heterocycles. The molecule has 0 aromatic heterocycles. The van der Waals surface area contributed by atoms with Crippen LogP contribution >= 0.6 is 0 Å². The maximum absolute atomic E-state index is 12.4. The molecular weight excluding hydrogens is 240 g/mol. The molecule has 1 fully saturated rings. The summed E-state index contributed by atoms with van der Waals surface area (Å²) in [7, 11) is -3.32. The van der Waals surface area contributed by atoms with Gasteiger partial charge in [-0.2, -0.15) is 4.31 Å². The lowest BCUT2D eigenvalue weighted by Crippen LogP contribution is -2.58. The highest BCUT2D eigenvalue weighted by molar-refractivity contribution is 7.90. The molecule has 5 nitrogen and oxygen atoms in total. The van der Waals surface area contributed by atoms with E-state index in [-0.39, 0.29) is 6.10 Å². The van der Waals surface area contributed by atoms with Crippen molar-refractivity contribution in [2.75, 3.05) is 19.6 Å². The largest absolute Gasteiger partial charge is 0.368 e. The highest BCUT2D eigenvalue weighted by atomic mass is 32.2. The minimum absolute atomic E-state index is 0.226. The SMILES string of the molecule is CC1(C)CN(S(=O)(=O)C(C)(C)C)CC(CN)O1. The molecule has 102 valence electrons. The van der Waals surface area contributed by atoms with Gasteiger partial charge in [0.1, 0.15) is 0 Å². The highest BCUT2D eigenvalue weighted by Crippen LogP contribution is 2.28. The van der Waals surface area contributed by atoms with Crippen LogP contribution in [0.5, 0.6) is 0 Å². The number of rotatable bonds is 2. The van der Waals surface area contributed by atoms with Crippen molar-refractivity contribution < 1.29 is 13.2 Å². The van der Waals surface area contributed by atoms with Gasteiger partial charge in [0.25, 0.3) is 0 Å². The summed E-state index contributed by atoms with van der Waals surface area (Å²) in [5, 5.41) is 0. The zero-order valence-corrected chi connectivity index (χ0v) is 12.2. The molecular formula is C11H24N2O3S. The third-order valence-corrected chi connectivity index (χ3v) is 5.33. The molecule has 0 aromatic carbocycles. The predicted octanol–water partition coefficient (Wildman–Crippen LogP) is 0.553. The molecule has 1 heterocycles. The van der Waals surface area contributed by atoms with Crippen LogP contribution in [0.2, 0.25) is 0 Å². The van der Waals surface area contributed by atoms with Crippen molar-refractivity contribution >= 4 is 10.0 Å². The van der Waals surface area contributed by atoms with Crippen LogP contribution in [0.3, 0.4) is 0 Å². The van der Waals surface area contributed by atoms with Gasteiger partial charge in [0, 0.05) is 19.6 Å². The molecule has 0 aromatic rings. The molecule has 1 aliphatic rings. The molecule has 0 amide bonds. The fourth-order valence-electron chi connectivity index (χ4n) is 1.94. The molecule has 0 radical (unpaired) electrons. The third kappa shape index (κ3) is 3.19. The molecule has 6 heteroatoms. The van der Waals surface area contributed by atoms with Crippen molar-refractivity contribution in [1.29, 1.82) is 0 Å². The van der Waals surface area contributed by atoms with Crippen molar-refractivity contribution in [2.24, 2.45) is 5.73 Å². The van der Waals surface area contributed by atoms with Crippen LogP contribution < -0.4 is 5.73 Å². The second-order valence-corrected chi connectivity index (χ2v) is 8.84. The van der Waals surface area contributed by atoms with E-state index < -0.39 is 20.4 Å². The van der Waals surface area contributed by atoms with Crippen molar-refractivity contribution in [3.05, 3.63) is 0 Å².